The molecule has 0 radical (unpaired) electrons. The second kappa shape index (κ2) is 5.45. The van der Waals surface area contributed by atoms with Crippen LogP contribution in [0.4, 0.5) is 18.9 Å². The van der Waals surface area contributed by atoms with Crippen LogP contribution in [-0.2, 0) is 6.18 Å². The summed E-state index contributed by atoms with van der Waals surface area (Å²) in [5, 5.41) is 10.6. The maximum Gasteiger partial charge on any atom is 0.417 e. The van der Waals surface area contributed by atoms with E-state index in [9.17, 15) is 18.3 Å². The van der Waals surface area contributed by atoms with Gasteiger partial charge >= 0.3 is 6.18 Å². The highest BCUT2D eigenvalue weighted by atomic mass is 35.5. The molecule has 24 heavy (non-hydrogen) atoms. The van der Waals surface area contributed by atoms with E-state index in [2.05, 4.69) is 0 Å². The molecule has 6 heteroatoms. The van der Waals surface area contributed by atoms with Crippen molar-refractivity contribution in [3.05, 3.63) is 35.4 Å². The van der Waals surface area contributed by atoms with Crippen LogP contribution < -0.4 is 4.90 Å². The molecular weight excluding hydrogens is 339 g/mol. The molecule has 0 saturated carbocycles. The highest BCUT2D eigenvalue weighted by Crippen LogP contribution is 2.50. The lowest BCUT2D eigenvalue weighted by molar-refractivity contribution is -0.136. The van der Waals surface area contributed by atoms with E-state index < -0.39 is 11.7 Å². The zero-order valence-corrected chi connectivity index (χ0v) is 14.5. The van der Waals surface area contributed by atoms with Crippen molar-refractivity contribution >= 4 is 28.1 Å². The molecular formula is C18H19ClF3NO. The van der Waals surface area contributed by atoms with Gasteiger partial charge in [0.15, 0.2) is 0 Å². The van der Waals surface area contributed by atoms with Crippen molar-refractivity contribution in [3.63, 3.8) is 0 Å². The van der Waals surface area contributed by atoms with Crippen LogP contribution in [0, 0.1) is 0 Å². The Labute approximate surface area is 143 Å². The molecule has 0 bridgehead atoms. The fourth-order valence-electron chi connectivity index (χ4n) is 3.51. The van der Waals surface area contributed by atoms with Gasteiger partial charge in [0.05, 0.1) is 5.56 Å². The Morgan fingerprint density at radius 2 is 1.92 bits per heavy atom. The molecule has 1 heterocycles. The van der Waals surface area contributed by atoms with E-state index in [1.54, 1.807) is 6.07 Å². The number of phenolic OH excluding ortho intramolecular Hbond substituents is 1. The first-order valence-electron chi connectivity index (χ1n) is 7.75. The smallest absolute Gasteiger partial charge is 0.417 e. The quantitative estimate of drug-likeness (QED) is 0.681. The minimum absolute atomic E-state index is 0.0670. The van der Waals surface area contributed by atoms with E-state index in [-0.39, 0.29) is 33.9 Å². The normalized spacial score (nSPS) is 18.3. The molecule has 0 amide bonds. The molecule has 1 N–H and O–H groups in total. The van der Waals surface area contributed by atoms with E-state index in [4.69, 9.17) is 11.6 Å². The third-order valence-electron chi connectivity index (χ3n) is 4.56. The number of benzene rings is 2. The van der Waals surface area contributed by atoms with E-state index in [0.29, 0.717) is 17.8 Å². The van der Waals surface area contributed by atoms with Crippen molar-refractivity contribution in [2.45, 2.75) is 38.4 Å². The lowest BCUT2D eigenvalue weighted by atomic mass is 9.92. The van der Waals surface area contributed by atoms with Crippen LogP contribution in [-0.4, -0.2) is 23.1 Å². The number of hydrogen-bond donors (Lipinski definition) is 1. The average molecular weight is 358 g/mol. The molecule has 130 valence electrons. The van der Waals surface area contributed by atoms with E-state index >= 15 is 0 Å². The molecule has 2 aromatic carbocycles. The third kappa shape index (κ3) is 2.59. The Balaban J connectivity index is 2.43. The summed E-state index contributed by atoms with van der Waals surface area (Å²) in [5.74, 6) is -0.127. The standard InChI is InChI=1S/C18H19ClF3NO/c1-17(2,3)23-9-10(8-19)15-13(23)7-14(24)11-5-4-6-12(16(11)15)18(20,21)22/h4-7,10,24H,8-9H2,1-3H3. The predicted molar refractivity (Wildman–Crippen MR) is 91.2 cm³/mol. The van der Waals surface area contributed by atoms with E-state index in [0.717, 1.165) is 6.07 Å². The summed E-state index contributed by atoms with van der Waals surface area (Å²) in [5.41, 5.74) is 0.205. The number of phenols is 1. The minimum Gasteiger partial charge on any atom is -0.507 e. The van der Waals surface area contributed by atoms with Crippen molar-refractivity contribution in [1.82, 2.24) is 0 Å². The molecule has 0 fully saturated rings. The first-order chi connectivity index (χ1) is 11.1. The Morgan fingerprint density at radius 3 is 2.46 bits per heavy atom. The second-order valence-electron chi connectivity index (χ2n) is 7.19. The summed E-state index contributed by atoms with van der Waals surface area (Å²) >= 11 is 6.09. The second-order valence-corrected chi connectivity index (χ2v) is 7.50. The number of anilines is 1. The highest BCUT2D eigenvalue weighted by molar-refractivity contribution is 6.19. The lowest BCUT2D eigenvalue weighted by Gasteiger charge is -2.35. The van der Waals surface area contributed by atoms with Crippen molar-refractivity contribution in [1.29, 1.82) is 0 Å². The van der Waals surface area contributed by atoms with Crippen molar-refractivity contribution < 1.29 is 18.3 Å². The van der Waals surface area contributed by atoms with Crippen molar-refractivity contribution in [2.75, 3.05) is 17.3 Å². The van der Waals surface area contributed by atoms with E-state index in [1.165, 1.54) is 12.1 Å². The summed E-state index contributed by atoms with van der Waals surface area (Å²) in [6.07, 6.45) is -4.49. The van der Waals surface area contributed by atoms with Crippen LogP contribution in [0.5, 0.6) is 5.75 Å². The van der Waals surface area contributed by atoms with Gasteiger partial charge in [-0.2, -0.15) is 13.2 Å². The number of rotatable bonds is 1. The Kier molecular flexibility index (Phi) is 3.91. The van der Waals surface area contributed by atoms with Gasteiger partial charge in [-0.25, -0.2) is 0 Å². The fraction of sp³-hybridized carbons (Fsp3) is 0.444. The Bertz CT molecular complexity index is 795. The minimum atomic E-state index is -4.49. The highest BCUT2D eigenvalue weighted by Gasteiger charge is 2.40. The topological polar surface area (TPSA) is 23.5 Å². The van der Waals surface area contributed by atoms with Crippen LogP contribution in [0.25, 0.3) is 10.8 Å². The van der Waals surface area contributed by atoms with Gasteiger partial charge in [-0.1, -0.05) is 12.1 Å². The van der Waals surface area contributed by atoms with Gasteiger partial charge in [0, 0.05) is 46.4 Å². The zero-order chi connectivity index (χ0) is 17.9. The maximum atomic E-state index is 13.6. The van der Waals surface area contributed by atoms with Crippen LogP contribution in [0.3, 0.4) is 0 Å². The lowest BCUT2D eigenvalue weighted by Crippen LogP contribution is -2.40. The molecule has 2 aromatic rings. The van der Waals surface area contributed by atoms with E-state index in [1.807, 2.05) is 25.7 Å². The SMILES string of the molecule is CC(C)(C)N1CC(CCl)c2c1cc(O)c1cccc(C(F)(F)F)c21. The van der Waals surface area contributed by atoms with Gasteiger partial charge in [-0.05, 0) is 32.4 Å². The largest absolute Gasteiger partial charge is 0.507 e. The maximum absolute atomic E-state index is 13.6. The summed E-state index contributed by atoms with van der Waals surface area (Å²) < 4.78 is 40.7. The number of hydrogen-bond acceptors (Lipinski definition) is 2. The number of fused-ring (bicyclic) bond motifs is 3. The summed E-state index contributed by atoms with van der Waals surface area (Å²) in [6.45, 7) is 6.51. The molecule has 0 spiro atoms. The monoisotopic (exact) mass is 357 g/mol. The summed E-state index contributed by atoms with van der Waals surface area (Å²) in [6, 6.07) is 5.47. The van der Waals surface area contributed by atoms with Gasteiger partial charge in [0.1, 0.15) is 5.75 Å². The van der Waals surface area contributed by atoms with Gasteiger partial charge in [0.2, 0.25) is 0 Å². The number of nitrogens with zero attached hydrogens (tertiary/aromatic N) is 1. The van der Waals surface area contributed by atoms with Crippen LogP contribution >= 0.6 is 11.6 Å². The Morgan fingerprint density at radius 1 is 1.25 bits per heavy atom. The molecule has 1 aliphatic rings. The third-order valence-corrected chi connectivity index (χ3v) is 4.94. The van der Waals surface area contributed by atoms with Crippen molar-refractivity contribution in [3.8, 4) is 5.75 Å². The van der Waals surface area contributed by atoms with Gasteiger partial charge in [-0.15, -0.1) is 11.6 Å². The zero-order valence-electron chi connectivity index (χ0n) is 13.7. The van der Waals surface area contributed by atoms with Crippen LogP contribution in [0.1, 0.15) is 37.8 Å². The molecule has 1 unspecified atom stereocenters. The number of alkyl halides is 4. The molecule has 2 nitrogen and oxygen atoms in total. The molecule has 0 aliphatic carbocycles. The van der Waals surface area contributed by atoms with Crippen LogP contribution in [0.2, 0.25) is 0 Å². The van der Waals surface area contributed by atoms with Crippen molar-refractivity contribution in [2.24, 2.45) is 0 Å². The Hall–Kier alpha value is -1.62. The van der Waals surface area contributed by atoms with Gasteiger partial charge < -0.3 is 10.0 Å². The first kappa shape index (κ1) is 17.2. The number of aromatic hydroxyl groups is 1. The number of halogens is 4. The molecule has 3 rings (SSSR count). The molecule has 0 saturated heterocycles. The molecule has 1 aliphatic heterocycles. The fourth-order valence-corrected chi connectivity index (χ4v) is 3.76. The summed E-state index contributed by atoms with van der Waals surface area (Å²) in [4.78, 5) is 2.02. The molecule has 0 aromatic heterocycles. The van der Waals surface area contributed by atoms with Gasteiger partial charge in [-0.3, -0.25) is 0 Å². The summed E-state index contributed by atoms with van der Waals surface area (Å²) in [7, 11) is 0. The van der Waals surface area contributed by atoms with Gasteiger partial charge in [0.25, 0.3) is 0 Å². The van der Waals surface area contributed by atoms with Crippen LogP contribution in [0.15, 0.2) is 24.3 Å². The molecule has 1 atom stereocenters. The predicted octanol–water partition coefficient (Wildman–Crippen LogP) is 5.51. The first-order valence-corrected chi connectivity index (χ1v) is 8.28. The average Bonchev–Trinajstić information content (AvgIpc) is 2.84.